The number of allylic oxidation sites excluding steroid dienone is 1. The number of phenols is 1. The number of aromatic hydroxyl groups is 1. The van der Waals surface area contributed by atoms with Crippen molar-refractivity contribution in [3.63, 3.8) is 0 Å². The van der Waals surface area contributed by atoms with E-state index in [2.05, 4.69) is 24.6 Å². The molecule has 2 fully saturated rings. The molecule has 3 aliphatic carbocycles. The van der Waals surface area contributed by atoms with Crippen molar-refractivity contribution in [1.82, 2.24) is 4.98 Å². The van der Waals surface area contributed by atoms with Crippen molar-refractivity contribution in [1.29, 1.82) is 0 Å². The molecule has 0 spiro atoms. The SMILES string of the molecule is C=C1C[C@@H]2[C@H](CC[C@]3(C)C(=O)C(c4ccccn4)C[C@@H]23)c2ccc(O)cc21. The van der Waals surface area contributed by atoms with Gasteiger partial charge in [0.05, 0.1) is 11.6 Å². The van der Waals surface area contributed by atoms with E-state index in [0.29, 0.717) is 29.3 Å². The van der Waals surface area contributed by atoms with Crippen LogP contribution in [0.25, 0.3) is 5.57 Å². The Labute approximate surface area is 160 Å². The number of nitrogens with zero attached hydrogens (tertiary/aromatic N) is 1. The second-order valence-corrected chi connectivity index (χ2v) is 8.82. The van der Waals surface area contributed by atoms with Gasteiger partial charge in [0.25, 0.3) is 0 Å². The van der Waals surface area contributed by atoms with Crippen LogP contribution in [0.1, 0.15) is 61.3 Å². The highest BCUT2D eigenvalue weighted by atomic mass is 16.3. The first kappa shape index (κ1) is 16.7. The maximum atomic E-state index is 13.4. The first-order valence-electron chi connectivity index (χ1n) is 9.95. The molecular formula is C24H25NO2. The standard InChI is InChI=1S/C24H25NO2/c1-14-11-19-17(16-7-6-15(26)12-18(14)16)8-9-24(2)21(19)13-20(23(24)27)22-5-3-4-10-25-22/h3-7,10,12,17,19-21,26H,1,8-9,11,13H2,2H3/t17-,19-,20?,21+,24+/m1/s1. The molecule has 3 heteroatoms. The Morgan fingerprint density at radius 3 is 2.89 bits per heavy atom. The highest BCUT2D eigenvalue weighted by Gasteiger charge is 2.58. The van der Waals surface area contributed by atoms with Crippen LogP contribution in [0.3, 0.4) is 0 Å². The molecule has 1 N–H and O–H groups in total. The third-order valence-electron chi connectivity index (χ3n) is 7.54. The van der Waals surface area contributed by atoms with Crippen LogP contribution >= 0.6 is 0 Å². The van der Waals surface area contributed by atoms with Gasteiger partial charge in [-0.05, 0) is 84.4 Å². The number of benzene rings is 1. The van der Waals surface area contributed by atoms with E-state index >= 15 is 0 Å². The van der Waals surface area contributed by atoms with E-state index < -0.39 is 0 Å². The zero-order valence-electron chi connectivity index (χ0n) is 15.7. The molecule has 0 radical (unpaired) electrons. The van der Waals surface area contributed by atoms with Crippen molar-refractivity contribution in [3.8, 4) is 5.75 Å². The van der Waals surface area contributed by atoms with Gasteiger partial charge in [0.15, 0.2) is 0 Å². The molecule has 1 unspecified atom stereocenters. The van der Waals surface area contributed by atoms with Gasteiger partial charge >= 0.3 is 0 Å². The fourth-order valence-electron chi connectivity index (χ4n) is 6.18. The Balaban J connectivity index is 1.54. The van der Waals surface area contributed by atoms with Gasteiger partial charge in [-0.2, -0.15) is 0 Å². The summed E-state index contributed by atoms with van der Waals surface area (Å²) in [6.07, 6.45) is 5.58. The number of phenolic OH excluding ortho intramolecular Hbond substituents is 1. The van der Waals surface area contributed by atoms with Crippen molar-refractivity contribution in [2.24, 2.45) is 17.3 Å². The Morgan fingerprint density at radius 1 is 1.26 bits per heavy atom. The Hall–Kier alpha value is -2.42. The molecule has 3 aliphatic rings. The summed E-state index contributed by atoms with van der Waals surface area (Å²) < 4.78 is 0. The summed E-state index contributed by atoms with van der Waals surface area (Å²) in [7, 11) is 0. The van der Waals surface area contributed by atoms with Crippen molar-refractivity contribution < 1.29 is 9.90 Å². The van der Waals surface area contributed by atoms with Gasteiger partial charge in [-0.25, -0.2) is 0 Å². The highest BCUT2D eigenvalue weighted by molar-refractivity contribution is 5.93. The number of rotatable bonds is 1. The minimum absolute atomic E-state index is 0.0746. The first-order chi connectivity index (χ1) is 13.0. The smallest absolute Gasteiger partial charge is 0.148 e. The predicted octanol–water partition coefficient (Wildman–Crippen LogP) is 5.08. The molecular weight excluding hydrogens is 334 g/mol. The maximum absolute atomic E-state index is 13.4. The fourth-order valence-corrected chi connectivity index (χ4v) is 6.18. The predicted molar refractivity (Wildman–Crippen MR) is 105 cm³/mol. The summed E-state index contributed by atoms with van der Waals surface area (Å²) in [6.45, 7) is 6.50. The molecule has 5 atom stereocenters. The number of hydrogen-bond donors (Lipinski definition) is 1. The summed E-state index contributed by atoms with van der Waals surface area (Å²) >= 11 is 0. The summed E-state index contributed by atoms with van der Waals surface area (Å²) in [5.41, 5.74) is 4.20. The molecule has 0 bridgehead atoms. The Morgan fingerprint density at radius 2 is 2.11 bits per heavy atom. The van der Waals surface area contributed by atoms with Crippen LogP contribution < -0.4 is 0 Å². The normalized spacial score (nSPS) is 34.7. The van der Waals surface area contributed by atoms with Gasteiger partial charge < -0.3 is 5.11 Å². The average Bonchev–Trinajstić information content (AvgIpc) is 2.95. The quantitative estimate of drug-likeness (QED) is 0.773. The van der Waals surface area contributed by atoms with Crippen LogP contribution in [0.15, 0.2) is 49.2 Å². The Bertz CT molecular complexity index is 935. The van der Waals surface area contributed by atoms with Crippen LogP contribution in [-0.2, 0) is 4.79 Å². The lowest BCUT2D eigenvalue weighted by Crippen LogP contribution is -2.42. The molecule has 1 heterocycles. The van der Waals surface area contributed by atoms with Crippen molar-refractivity contribution in [2.75, 3.05) is 0 Å². The van der Waals surface area contributed by atoms with Gasteiger partial charge in [-0.15, -0.1) is 0 Å². The van der Waals surface area contributed by atoms with Gasteiger partial charge in [0.2, 0.25) is 0 Å². The van der Waals surface area contributed by atoms with Crippen molar-refractivity contribution in [3.05, 3.63) is 66.0 Å². The largest absolute Gasteiger partial charge is 0.508 e. The van der Waals surface area contributed by atoms with Crippen LogP contribution in [-0.4, -0.2) is 15.9 Å². The van der Waals surface area contributed by atoms with E-state index in [9.17, 15) is 9.90 Å². The van der Waals surface area contributed by atoms with Gasteiger partial charge in [0.1, 0.15) is 11.5 Å². The van der Waals surface area contributed by atoms with E-state index in [4.69, 9.17) is 0 Å². The lowest BCUT2D eigenvalue weighted by molar-refractivity contribution is -0.130. The molecule has 138 valence electrons. The minimum Gasteiger partial charge on any atom is -0.508 e. The van der Waals surface area contributed by atoms with Crippen LogP contribution in [0.2, 0.25) is 0 Å². The number of fused-ring (bicyclic) bond motifs is 5. The number of hydrogen-bond acceptors (Lipinski definition) is 3. The summed E-state index contributed by atoms with van der Waals surface area (Å²) in [4.78, 5) is 17.9. The third-order valence-corrected chi connectivity index (χ3v) is 7.54. The van der Waals surface area contributed by atoms with E-state index in [0.717, 1.165) is 42.5 Å². The number of carbonyl (C=O) groups excluding carboxylic acids is 1. The molecule has 5 rings (SSSR count). The third kappa shape index (κ3) is 2.33. The maximum Gasteiger partial charge on any atom is 0.148 e. The molecule has 2 saturated carbocycles. The highest BCUT2D eigenvalue weighted by Crippen LogP contribution is 2.63. The zero-order valence-corrected chi connectivity index (χ0v) is 15.7. The molecule has 2 aromatic rings. The summed E-state index contributed by atoms with van der Waals surface area (Å²) in [5.74, 6) is 1.89. The van der Waals surface area contributed by atoms with E-state index in [-0.39, 0.29) is 11.3 Å². The molecule has 0 saturated heterocycles. The number of carbonyl (C=O) groups is 1. The second kappa shape index (κ2) is 5.79. The van der Waals surface area contributed by atoms with Gasteiger partial charge in [-0.1, -0.05) is 25.6 Å². The molecule has 1 aromatic heterocycles. The van der Waals surface area contributed by atoms with E-state index in [1.54, 1.807) is 12.3 Å². The zero-order chi connectivity index (χ0) is 18.8. The van der Waals surface area contributed by atoms with Crippen LogP contribution in [0.5, 0.6) is 5.75 Å². The van der Waals surface area contributed by atoms with Crippen molar-refractivity contribution in [2.45, 2.75) is 44.4 Å². The molecule has 0 aliphatic heterocycles. The fraction of sp³-hybridized carbons (Fsp3) is 0.417. The van der Waals surface area contributed by atoms with Gasteiger partial charge in [0, 0.05) is 11.6 Å². The average molecular weight is 359 g/mol. The number of Topliss-reactive ketones (excluding diaryl/α,β-unsaturated/α-hetero) is 1. The van der Waals surface area contributed by atoms with Gasteiger partial charge in [-0.3, -0.25) is 9.78 Å². The van der Waals surface area contributed by atoms with Crippen molar-refractivity contribution >= 4 is 11.4 Å². The number of aromatic nitrogens is 1. The lowest BCUT2D eigenvalue weighted by Gasteiger charge is -2.48. The van der Waals surface area contributed by atoms with E-state index in [1.165, 1.54) is 5.56 Å². The first-order valence-corrected chi connectivity index (χ1v) is 9.95. The monoisotopic (exact) mass is 359 g/mol. The second-order valence-electron chi connectivity index (χ2n) is 8.82. The summed E-state index contributed by atoms with van der Waals surface area (Å²) in [5, 5.41) is 9.90. The molecule has 1 aromatic carbocycles. The molecule has 0 amide bonds. The molecule has 27 heavy (non-hydrogen) atoms. The van der Waals surface area contributed by atoms with Crippen LogP contribution in [0.4, 0.5) is 0 Å². The van der Waals surface area contributed by atoms with E-state index in [1.807, 2.05) is 24.3 Å². The Kier molecular flexibility index (Phi) is 3.59. The topological polar surface area (TPSA) is 50.2 Å². The van der Waals surface area contributed by atoms with Crippen LogP contribution in [0, 0.1) is 17.3 Å². The lowest BCUT2D eigenvalue weighted by atomic mass is 9.55. The molecule has 3 nitrogen and oxygen atoms in total. The minimum atomic E-state index is -0.252. The summed E-state index contributed by atoms with van der Waals surface area (Å²) in [6, 6.07) is 11.6. The number of ketones is 1. The number of pyridine rings is 1.